The van der Waals surface area contributed by atoms with Crippen LogP contribution in [0.3, 0.4) is 0 Å². The van der Waals surface area contributed by atoms with Gasteiger partial charge in [0.1, 0.15) is 72.2 Å². The fourth-order valence-electron chi connectivity index (χ4n) is 12.1. The highest BCUT2D eigenvalue weighted by atomic mass is 32.2. The lowest BCUT2D eigenvalue weighted by Gasteiger charge is -2.30. The maximum absolute atomic E-state index is 14.7. The Hall–Kier alpha value is -8.68. The van der Waals surface area contributed by atoms with E-state index in [1.54, 1.807) is 0 Å². The molecule has 0 unspecified atom stereocenters. The average molecular weight is 1680 g/mol. The van der Waals surface area contributed by atoms with E-state index in [1.807, 2.05) is 118 Å². The molecule has 2 fully saturated rings. The summed E-state index contributed by atoms with van der Waals surface area (Å²) in [6.45, 7) is 19.1. The molecule has 115 heavy (non-hydrogen) atoms. The van der Waals surface area contributed by atoms with E-state index in [1.165, 1.54) is 88.0 Å². The van der Waals surface area contributed by atoms with Crippen molar-refractivity contribution in [1.29, 1.82) is 0 Å². The summed E-state index contributed by atoms with van der Waals surface area (Å²) in [5.41, 5.74) is 27.9. The Kier molecular flexibility index (Phi) is 40.0. The number of primary amides is 2. The van der Waals surface area contributed by atoms with E-state index < -0.39 is 180 Å². The van der Waals surface area contributed by atoms with Crippen molar-refractivity contribution in [2.24, 2.45) is 28.9 Å². The molecule has 0 aromatic heterocycles. The Labute approximate surface area is 691 Å². The lowest BCUT2D eigenvalue weighted by molar-refractivity contribution is -0.143. The van der Waals surface area contributed by atoms with Crippen molar-refractivity contribution in [2.45, 2.75) is 234 Å². The summed E-state index contributed by atoms with van der Waals surface area (Å²) in [7, 11) is 0. The van der Waals surface area contributed by atoms with Crippen LogP contribution in [0.4, 0.5) is 0 Å². The average Bonchev–Trinajstić information content (AvgIpc) is 1.05. The summed E-state index contributed by atoms with van der Waals surface area (Å²) in [6.07, 6.45) is 1.32. The predicted molar refractivity (Wildman–Crippen MR) is 447 cm³/mol. The second-order valence-electron chi connectivity index (χ2n) is 31.0. The van der Waals surface area contributed by atoms with Crippen LogP contribution >= 0.6 is 47.0 Å². The van der Waals surface area contributed by atoms with E-state index in [0.717, 1.165) is 22.3 Å². The number of carbonyl (C=O) groups excluding carboxylic acids is 14. The van der Waals surface area contributed by atoms with Crippen LogP contribution in [-0.4, -0.2) is 241 Å². The Morgan fingerprint density at radius 2 is 0.948 bits per heavy atom. The Morgan fingerprint density at radius 3 is 1.47 bits per heavy atom. The van der Waals surface area contributed by atoms with Gasteiger partial charge < -0.3 is 96.1 Å². The molecule has 20 N–H and O–H groups in total. The minimum atomic E-state index is -1.63. The van der Waals surface area contributed by atoms with Crippen LogP contribution in [0.1, 0.15) is 148 Å². The monoisotopic (exact) mass is 1680 g/mol. The lowest BCUT2D eigenvalue weighted by Crippen LogP contribution is -2.61. The number of aryl methyl sites for hydroxylation is 2. The molecule has 5 rings (SSSR count). The number of phenols is 1. The molecule has 0 spiro atoms. The van der Waals surface area contributed by atoms with Gasteiger partial charge in [0.15, 0.2) is 0 Å². The zero-order chi connectivity index (χ0) is 85.4. The quantitative estimate of drug-likeness (QED) is 0.0348. The molecule has 36 heteroatoms. The second-order valence-corrected chi connectivity index (χ2v) is 36.8. The number of nitrogens with zero attached hydrogens (tertiary/aromatic N) is 2. The van der Waals surface area contributed by atoms with Crippen LogP contribution in [0.2, 0.25) is 0 Å². The number of nitrogens with two attached hydrogens (primary N) is 4. The molecule has 0 aliphatic carbocycles. The fraction of sp³-hybridized carbons (Fsp3) is 0.595. The molecule has 3 aromatic rings. The van der Waals surface area contributed by atoms with E-state index in [9.17, 15) is 77.3 Å². The third kappa shape index (κ3) is 33.5. The largest absolute Gasteiger partial charge is 0.508 e. The smallest absolute Gasteiger partial charge is 0.246 e. The van der Waals surface area contributed by atoms with E-state index >= 15 is 0 Å². The molecule has 13 atom stereocenters. The van der Waals surface area contributed by atoms with Crippen molar-refractivity contribution in [3.8, 4) is 5.75 Å². The molecule has 636 valence electrons. The van der Waals surface area contributed by atoms with Gasteiger partial charge in [0, 0.05) is 63.5 Å². The number of benzene rings is 3. The number of hydrogen-bond acceptors (Lipinski definition) is 22. The zero-order valence-corrected chi connectivity index (χ0v) is 71.0. The Balaban J connectivity index is 1.26. The molecule has 32 nitrogen and oxygen atoms in total. The van der Waals surface area contributed by atoms with Crippen molar-refractivity contribution in [3.05, 3.63) is 101 Å². The first kappa shape index (κ1) is 96.9. The van der Waals surface area contributed by atoms with Gasteiger partial charge >= 0.3 is 0 Å². The van der Waals surface area contributed by atoms with Gasteiger partial charge in [0.2, 0.25) is 82.7 Å². The number of rotatable bonds is 46. The number of nitrogens with one attached hydrogen (secondary N) is 10. The Bertz CT molecular complexity index is 3800. The van der Waals surface area contributed by atoms with Crippen molar-refractivity contribution >= 4 is 130 Å². The second kappa shape index (κ2) is 47.5. The maximum Gasteiger partial charge on any atom is 0.246 e. The maximum atomic E-state index is 14.7. The molecule has 2 aliphatic heterocycles. The van der Waals surface area contributed by atoms with E-state index in [-0.39, 0.29) is 84.7 Å². The fourth-order valence-corrected chi connectivity index (χ4v) is 16.0. The van der Waals surface area contributed by atoms with Crippen LogP contribution in [0, 0.1) is 19.8 Å². The van der Waals surface area contributed by atoms with Crippen molar-refractivity contribution in [3.63, 3.8) is 0 Å². The van der Waals surface area contributed by atoms with Gasteiger partial charge in [-0.2, -0.15) is 47.0 Å². The number of amides is 14. The van der Waals surface area contributed by atoms with Gasteiger partial charge in [-0.15, -0.1) is 0 Å². The number of aromatic hydroxyl groups is 1. The van der Waals surface area contributed by atoms with Crippen LogP contribution < -0.4 is 76.1 Å². The molecule has 2 saturated heterocycles. The number of unbranched alkanes of at least 4 members (excludes halogenated alkanes) is 1. The molecule has 0 bridgehead atoms. The summed E-state index contributed by atoms with van der Waals surface area (Å²) in [5, 5.41) is 46.9. The molecular weight excluding hydrogens is 1560 g/mol. The first-order valence-electron chi connectivity index (χ1n) is 38.8. The van der Waals surface area contributed by atoms with Gasteiger partial charge in [0.05, 0.1) is 25.6 Å². The number of aliphatic hydroxyl groups excluding tert-OH is 1. The van der Waals surface area contributed by atoms with Crippen molar-refractivity contribution in [2.75, 3.05) is 55.8 Å². The molecule has 3 aromatic carbocycles. The number of likely N-dealkylation sites (tertiary alicyclic amines) is 2. The minimum absolute atomic E-state index is 0.00788. The van der Waals surface area contributed by atoms with Gasteiger partial charge in [-0.1, -0.05) is 134 Å². The highest BCUT2D eigenvalue weighted by Crippen LogP contribution is 2.27. The van der Waals surface area contributed by atoms with Gasteiger partial charge in [0.25, 0.3) is 0 Å². The lowest BCUT2D eigenvalue weighted by atomic mass is 9.99. The van der Waals surface area contributed by atoms with Crippen LogP contribution in [0.15, 0.2) is 72.8 Å². The highest BCUT2D eigenvalue weighted by Gasteiger charge is 2.42. The van der Waals surface area contributed by atoms with Gasteiger partial charge in [-0.25, -0.2) is 0 Å². The van der Waals surface area contributed by atoms with Gasteiger partial charge in [-0.3, -0.25) is 67.1 Å². The molecule has 2 heterocycles. The first-order chi connectivity index (χ1) is 54.2. The van der Waals surface area contributed by atoms with E-state index in [0.29, 0.717) is 49.2 Å². The standard InChI is InChI=1S/C79H120N16O16S4/c1-12-47(4)65(82)76(110)93-60(44-115-79(9,10)11)73(107)92-58(42-113-40-51-26-22-46(3)23-27-51)72(106)88-55(36-63(81)98)77(111)95-34-16-19-62(95)74(108)85-48(5)67(101)91-59(43-114-78(6,7)8)68(102)84-37-64(99)94-33-15-18-61(94)75(109)86-53(17-13-14-32-80)69(103)87-54(35-49-28-30-52(97)31-29-49)70(104)89-56(38-96)71(105)90-57(66(83)100)41-112-39-50-24-20-45(2)21-25-50/h20-31,47-48,53-62,65,96-97H,12-19,32-44,80,82H2,1-11H3,(H2,81,98)(H2,83,100)(H,84,102)(H,85,108)(H,86,109)(H,87,103)(H,88,106)(H,89,104)(H,90,105)(H,91,101)(H,92,107)(H,93,110)/t47-,48-,53-,54-,55-,56-,57-,58-,59-,60-,61-,62-,65-/m0/s1. The van der Waals surface area contributed by atoms with Crippen LogP contribution in [0.25, 0.3) is 0 Å². The molecule has 0 saturated carbocycles. The number of carbonyl (C=O) groups is 14. The van der Waals surface area contributed by atoms with E-state index in [4.69, 9.17) is 22.9 Å². The summed E-state index contributed by atoms with van der Waals surface area (Å²) in [5.74, 6) is -10.6. The number of thioether (sulfide) groups is 4. The predicted octanol–water partition coefficient (Wildman–Crippen LogP) is 0.818. The third-order valence-corrected chi connectivity index (χ3v) is 24.1. The number of phenolic OH excluding ortho intramolecular Hbond substituents is 1. The molecule has 14 amide bonds. The summed E-state index contributed by atoms with van der Waals surface area (Å²) in [6, 6.07) is 5.45. The third-order valence-electron chi connectivity index (χ3n) is 19.1. The van der Waals surface area contributed by atoms with Gasteiger partial charge in [-0.05, 0) is 107 Å². The van der Waals surface area contributed by atoms with Crippen LogP contribution in [0.5, 0.6) is 5.75 Å². The first-order valence-corrected chi connectivity index (χ1v) is 43.1. The summed E-state index contributed by atoms with van der Waals surface area (Å²) >= 11 is 5.34. The summed E-state index contributed by atoms with van der Waals surface area (Å²) in [4.78, 5) is 198. The Morgan fingerprint density at radius 1 is 0.513 bits per heavy atom. The summed E-state index contributed by atoms with van der Waals surface area (Å²) < 4.78 is -0.798. The molecular formula is C79H120N16O16S4. The van der Waals surface area contributed by atoms with E-state index in [2.05, 4.69) is 53.2 Å². The van der Waals surface area contributed by atoms with Crippen molar-refractivity contribution < 1.29 is 77.3 Å². The number of aliphatic hydroxyl groups is 1. The highest BCUT2D eigenvalue weighted by molar-refractivity contribution is 8.01. The van der Waals surface area contributed by atoms with Crippen molar-refractivity contribution in [1.82, 2.24) is 63.0 Å². The normalized spacial score (nSPS) is 17.1. The topological polar surface area (TPSA) is 510 Å². The SMILES string of the molecule is CC[C@H](C)[C@H](N)C(=O)N[C@@H](CSC(C)(C)C)C(=O)N[C@@H](CSCc1ccc(C)cc1)C(=O)N[C@@H](CC(N)=O)C(=O)N1CCC[C@H]1C(=O)N[C@@H](C)C(=O)N[C@@H](CSC(C)(C)C)C(=O)NCC(=O)N1CCC[C@H]1C(=O)N[C@@H](CCCCN)C(=O)N[C@@H](Cc1ccc(O)cc1)C(=O)N[C@@H](CO)C(=O)N[C@@H](CSCc1ccc(C)cc1)C(N)=O. The zero-order valence-electron chi connectivity index (χ0n) is 67.7. The minimum Gasteiger partial charge on any atom is -0.508 e. The molecule has 0 radical (unpaired) electrons. The van der Waals surface area contributed by atoms with Crippen LogP contribution in [-0.2, 0) is 85.1 Å². The number of hydrogen-bond donors (Lipinski definition) is 16. The molecule has 2 aliphatic rings.